The second-order valence-corrected chi connectivity index (χ2v) is 8.31. The second-order valence-electron chi connectivity index (χ2n) is 5.10. The van der Waals surface area contributed by atoms with E-state index in [0.29, 0.717) is 21.4 Å². The number of benzene rings is 1. The second kappa shape index (κ2) is 8.56. The molecule has 0 aliphatic carbocycles. The van der Waals surface area contributed by atoms with Gasteiger partial charge in [-0.2, -0.15) is 0 Å². The van der Waals surface area contributed by atoms with Gasteiger partial charge in [0.15, 0.2) is 5.76 Å². The molecule has 4 nitrogen and oxygen atoms in total. The molecule has 0 spiro atoms. The van der Waals surface area contributed by atoms with Crippen LogP contribution in [-0.2, 0) is 0 Å². The Hall–Kier alpha value is -1.04. The summed E-state index contributed by atoms with van der Waals surface area (Å²) in [5.74, 6) is -0.391. The van der Waals surface area contributed by atoms with Gasteiger partial charge in [0.2, 0.25) is 3.79 Å². The van der Waals surface area contributed by atoms with Crippen LogP contribution in [0.3, 0.4) is 0 Å². The fourth-order valence-corrected chi connectivity index (χ4v) is 2.82. The number of hydrogen-bond donors (Lipinski definition) is 2. The van der Waals surface area contributed by atoms with Crippen LogP contribution < -0.4 is 10.6 Å². The molecule has 1 aromatic heterocycles. The molecule has 0 aliphatic heterocycles. The van der Waals surface area contributed by atoms with Crippen molar-refractivity contribution in [3.05, 3.63) is 64.7 Å². The SMILES string of the molecule is C=C(CC(NC(=O)c1ccco1)C(Cl)(Cl)Cl)Nc1ccc(Cl)cc1Cl. The number of alkyl halides is 3. The maximum Gasteiger partial charge on any atom is 0.287 e. The molecule has 1 amide bonds. The van der Waals surface area contributed by atoms with Crippen molar-refractivity contribution >= 4 is 69.6 Å². The number of carbonyl (C=O) groups excluding carboxylic acids is 1. The Kier molecular flexibility index (Phi) is 6.94. The zero-order valence-corrected chi connectivity index (χ0v) is 16.4. The number of carbonyl (C=O) groups is 1. The van der Waals surface area contributed by atoms with Crippen molar-refractivity contribution in [1.29, 1.82) is 0 Å². The normalized spacial score (nSPS) is 12.5. The fraction of sp³-hybridized carbons (Fsp3) is 0.188. The summed E-state index contributed by atoms with van der Waals surface area (Å²) in [6.45, 7) is 3.88. The lowest BCUT2D eigenvalue weighted by Crippen LogP contribution is -2.44. The van der Waals surface area contributed by atoms with E-state index in [-0.39, 0.29) is 12.2 Å². The molecule has 1 aromatic carbocycles. The van der Waals surface area contributed by atoms with Crippen molar-refractivity contribution in [2.24, 2.45) is 0 Å². The maximum atomic E-state index is 12.1. The highest BCUT2D eigenvalue weighted by molar-refractivity contribution is 6.68. The van der Waals surface area contributed by atoms with Crippen LogP contribution in [-0.4, -0.2) is 15.7 Å². The Bertz CT molecular complexity index is 756. The van der Waals surface area contributed by atoms with E-state index >= 15 is 0 Å². The minimum absolute atomic E-state index is 0.110. The average molecular weight is 443 g/mol. The van der Waals surface area contributed by atoms with Gasteiger partial charge >= 0.3 is 0 Å². The summed E-state index contributed by atoms with van der Waals surface area (Å²) in [5, 5.41) is 6.55. The van der Waals surface area contributed by atoms with Gasteiger partial charge in [0, 0.05) is 17.1 Å². The number of halogens is 5. The lowest BCUT2D eigenvalue weighted by molar-refractivity contribution is 0.0909. The van der Waals surface area contributed by atoms with Crippen molar-refractivity contribution in [1.82, 2.24) is 5.32 Å². The maximum absolute atomic E-state index is 12.1. The molecular weight excluding hydrogens is 429 g/mol. The molecule has 0 saturated heterocycles. The summed E-state index contributed by atoms with van der Waals surface area (Å²) in [7, 11) is 0. The van der Waals surface area contributed by atoms with E-state index in [1.165, 1.54) is 12.3 Å². The molecule has 2 aromatic rings. The Labute approximate surface area is 170 Å². The van der Waals surface area contributed by atoms with E-state index in [2.05, 4.69) is 17.2 Å². The summed E-state index contributed by atoms with van der Waals surface area (Å²) in [4.78, 5) is 12.1. The molecule has 0 bridgehead atoms. The molecule has 1 heterocycles. The molecule has 0 aliphatic rings. The van der Waals surface area contributed by atoms with Crippen LogP contribution in [0.2, 0.25) is 10.0 Å². The molecule has 0 radical (unpaired) electrons. The molecule has 9 heteroatoms. The molecule has 2 N–H and O–H groups in total. The van der Waals surface area contributed by atoms with E-state index in [1.807, 2.05) is 0 Å². The van der Waals surface area contributed by atoms with Gasteiger partial charge in [0.1, 0.15) is 0 Å². The molecule has 0 saturated carbocycles. The predicted octanol–water partition coefficient (Wildman–Crippen LogP) is 6.07. The third-order valence-electron chi connectivity index (χ3n) is 3.14. The van der Waals surface area contributed by atoms with Crippen LogP contribution in [0.15, 0.2) is 53.3 Å². The van der Waals surface area contributed by atoms with Crippen LogP contribution in [0.1, 0.15) is 17.0 Å². The molecule has 134 valence electrons. The van der Waals surface area contributed by atoms with Crippen LogP contribution in [0.4, 0.5) is 5.69 Å². The topological polar surface area (TPSA) is 54.3 Å². The first-order valence-electron chi connectivity index (χ1n) is 6.97. The Morgan fingerprint density at radius 1 is 1.24 bits per heavy atom. The Balaban J connectivity index is 2.06. The zero-order chi connectivity index (χ0) is 18.6. The molecular formula is C16H13Cl5N2O2. The van der Waals surface area contributed by atoms with Crippen LogP contribution >= 0.6 is 58.0 Å². The summed E-state index contributed by atoms with van der Waals surface area (Å²) in [6, 6.07) is 7.20. The van der Waals surface area contributed by atoms with E-state index in [1.54, 1.807) is 24.3 Å². The highest BCUT2D eigenvalue weighted by Gasteiger charge is 2.35. The number of furan rings is 1. The molecule has 25 heavy (non-hydrogen) atoms. The fourth-order valence-electron chi connectivity index (χ4n) is 1.96. The first kappa shape index (κ1) is 20.3. The minimum atomic E-state index is -1.75. The van der Waals surface area contributed by atoms with Gasteiger partial charge in [0.25, 0.3) is 5.91 Å². The van der Waals surface area contributed by atoms with Gasteiger partial charge in [-0.15, -0.1) is 0 Å². The first-order valence-corrected chi connectivity index (χ1v) is 8.86. The monoisotopic (exact) mass is 440 g/mol. The number of rotatable bonds is 6. The highest BCUT2D eigenvalue weighted by Crippen LogP contribution is 2.34. The van der Waals surface area contributed by atoms with Crippen molar-refractivity contribution in [3.8, 4) is 0 Å². The largest absolute Gasteiger partial charge is 0.459 e. The molecule has 2 rings (SSSR count). The van der Waals surface area contributed by atoms with E-state index in [4.69, 9.17) is 62.4 Å². The molecule has 1 unspecified atom stereocenters. The number of anilines is 1. The third kappa shape index (κ3) is 6.01. The lowest BCUT2D eigenvalue weighted by atomic mass is 10.1. The van der Waals surface area contributed by atoms with Gasteiger partial charge in [-0.3, -0.25) is 4.79 Å². The molecule has 1 atom stereocenters. The number of nitrogens with one attached hydrogen (secondary N) is 2. The van der Waals surface area contributed by atoms with Crippen molar-refractivity contribution in [2.75, 3.05) is 5.32 Å². The Morgan fingerprint density at radius 3 is 2.52 bits per heavy atom. The molecule has 0 fully saturated rings. The predicted molar refractivity (Wildman–Crippen MR) is 104 cm³/mol. The number of amides is 1. The smallest absolute Gasteiger partial charge is 0.287 e. The first-order chi connectivity index (χ1) is 11.7. The quantitative estimate of drug-likeness (QED) is 0.534. The highest BCUT2D eigenvalue weighted by atomic mass is 35.6. The van der Waals surface area contributed by atoms with Crippen LogP contribution in [0, 0.1) is 0 Å². The number of hydrogen-bond acceptors (Lipinski definition) is 3. The average Bonchev–Trinajstić information content (AvgIpc) is 3.03. The van der Waals surface area contributed by atoms with E-state index in [0.717, 1.165) is 0 Å². The summed E-state index contributed by atoms with van der Waals surface area (Å²) in [5.41, 5.74) is 1.08. The third-order valence-corrected chi connectivity index (χ3v) is 4.48. The van der Waals surface area contributed by atoms with Gasteiger partial charge in [-0.05, 0) is 30.3 Å². The zero-order valence-electron chi connectivity index (χ0n) is 12.7. The summed E-state index contributed by atoms with van der Waals surface area (Å²) < 4.78 is 3.27. The summed E-state index contributed by atoms with van der Waals surface area (Å²) in [6.07, 6.45) is 1.52. The van der Waals surface area contributed by atoms with E-state index < -0.39 is 15.7 Å². The lowest BCUT2D eigenvalue weighted by Gasteiger charge is -2.26. The van der Waals surface area contributed by atoms with Crippen molar-refractivity contribution in [3.63, 3.8) is 0 Å². The van der Waals surface area contributed by atoms with Gasteiger partial charge in [0.05, 0.1) is 23.0 Å². The minimum Gasteiger partial charge on any atom is -0.459 e. The van der Waals surface area contributed by atoms with Crippen LogP contribution in [0.5, 0.6) is 0 Å². The summed E-state index contributed by atoms with van der Waals surface area (Å²) >= 11 is 29.9. The van der Waals surface area contributed by atoms with Gasteiger partial charge in [-0.25, -0.2) is 0 Å². The van der Waals surface area contributed by atoms with Gasteiger partial charge < -0.3 is 15.1 Å². The Morgan fingerprint density at radius 2 is 1.96 bits per heavy atom. The van der Waals surface area contributed by atoms with Crippen molar-refractivity contribution in [2.45, 2.75) is 16.3 Å². The van der Waals surface area contributed by atoms with Crippen molar-refractivity contribution < 1.29 is 9.21 Å². The van der Waals surface area contributed by atoms with Crippen LogP contribution in [0.25, 0.3) is 0 Å². The van der Waals surface area contributed by atoms with Gasteiger partial charge in [-0.1, -0.05) is 64.6 Å². The standard InChI is InChI=1S/C16H13Cl5N2O2/c1-9(22-12-5-4-10(17)8-11(12)18)7-14(16(19,20)21)23-15(24)13-3-2-6-25-13/h2-6,8,14,22H,1,7H2,(H,23,24). The van der Waals surface area contributed by atoms with E-state index in [9.17, 15) is 4.79 Å².